The van der Waals surface area contributed by atoms with Gasteiger partial charge in [0, 0.05) is 12.0 Å². The molecular weight excluding hydrogens is 492 g/mol. The molecular formula is C32H28N2O5. The molecule has 1 saturated heterocycles. The highest BCUT2D eigenvalue weighted by Gasteiger charge is 2.42. The third-order valence-electron chi connectivity index (χ3n) is 6.79. The largest absolute Gasteiger partial charge is 0.420 e. The predicted molar refractivity (Wildman–Crippen MR) is 146 cm³/mol. The first-order chi connectivity index (χ1) is 19.1. The second-order valence-corrected chi connectivity index (χ2v) is 9.30. The van der Waals surface area contributed by atoms with Gasteiger partial charge in [-0.25, -0.2) is 14.9 Å². The number of carbonyl (C=O) groups is 2. The number of hydrogen-bond donors (Lipinski definition) is 2. The van der Waals surface area contributed by atoms with Gasteiger partial charge in [0.25, 0.3) is 6.41 Å². The number of hydrogen-bond acceptors (Lipinski definition) is 7. The minimum Gasteiger partial charge on any atom is -0.420 e. The number of Topliss-reactive ketones (excluding diaryl/α,β-unsaturated/α-hetero) is 1. The molecule has 0 spiro atoms. The smallest absolute Gasteiger partial charge is 0.334 e. The van der Waals surface area contributed by atoms with Gasteiger partial charge in [0.2, 0.25) is 0 Å². The van der Waals surface area contributed by atoms with Gasteiger partial charge in [0.15, 0.2) is 11.8 Å². The Kier molecular flexibility index (Phi) is 8.06. The van der Waals surface area contributed by atoms with E-state index in [-0.39, 0.29) is 18.9 Å². The van der Waals surface area contributed by atoms with Crippen LogP contribution in [-0.4, -0.2) is 43.3 Å². The summed E-state index contributed by atoms with van der Waals surface area (Å²) in [6.07, 6.45) is 4.80. The van der Waals surface area contributed by atoms with Crippen molar-refractivity contribution < 1.29 is 23.9 Å². The van der Waals surface area contributed by atoms with Crippen molar-refractivity contribution in [2.75, 3.05) is 13.2 Å². The summed E-state index contributed by atoms with van der Waals surface area (Å²) in [5, 5.41) is 6.34. The molecule has 2 atom stereocenters. The normalized spacial score (nSPS) is 18.8. The number of allylic oxidation sites excluding steroid dienone is 3. The molecule has 39 heavy (non-hydrogen) atoms. The van der Waals surface area contributed by atoms with Crippen LogP contribution in [0.25, 0.3) is 0 Å². The molecule has 1 aliphatic heterocycles. The van der Waals surface area contributed by atoms with Crippen molar-refractivity contribution in [3.05, 3.63) is 137 Å². The van der Waals surface area contributed by atoms with Crippen LogP contribution in [0.2, 0.25) is 0 Å². The SMILES string of the molecule is O=C=C1C=C(CO[C@@H]2NC(C(=O)CNC(c3ccccc3)(c3ccccc3)c3ccccc3)C(=O)O2)C=CC1. The lowest BCUT2D eigenvalue weighted by Gasteiger charge is -2.37. The molecule has 7 heteroatoms. The number of rotatable bonds is 10. The summed E-state index contributed by atoms with van der Waals surface area (Å²) in [6.45, 7) is -0.00946. The van der Waals surface area contributed by atoms with Gasteiger partial charge < -0.3 is 9.47 Å². The number of benzene rings is 3. The van der Waals surface area contributed by atoms with E-state index in [0.717, 1.165) is 22.3 Å². The van der Waals surface area contributed by atoms with Crippen LogP contribution in [0.15, 0.2) is 120 Å². The van der Waals surface area contributed by atoms with Crippen LogP contribution in [0.3, 0.4) is 0 Å². The lowest BCUT2D eigenvalue weighted by Crippen LogP contribution is -2.51. The third kappa shape index (κ3) is 5.72. The van der Waals surface area contributed by atoms with Crippen molar-refractivity contribution in [2.45, 2.75) is 24.4 Å². The van der Waals surface area contributed by atoms with Crippen molar-refractivity contribution in [3.8, 4) is 0 Å². The highest BCUT2D eigenvalue weighted by Crippen LogP contribution is 2.36. The molecule has 2 N–H and O–H groups in total. The molecule has 0 saturated carbocycles. The fourth-order valence-corrected chi connectivity index (χ4v) is 4.91. The maximum Gasteiger partial charge on any atom is 0.334 e. The van der Waals surface area contributed by atoms with Crippen molar-refractivity contribution in [1.82, 2.24) is 10.6 Å². The monoisotopic (exact) mass is 520 g/mol. The van der Waals surface area contributed by atoms with Gasteiger partial charge in [-0.3, -0.25) is 10.1 Å². The molecule has 0 amide bonds. The van der Waals surface area contributed by atoms with Gasteiger partial charge in [-0.1, -0.05) is 103 Å². The van der Waals surface area contributed by atoms with Crippen LogP contribution in [0.1, 0.15) is 23.1 Å². The highest BCUT2D eigenvalue weighted by molar-refractivity contribution is 6.05. The van der Waals surface area contributed by atoms with Gasteiger partial charge >= 0.3 is 5.97 Å². The van der Waals surface area contributed by atoms with E-state index >= 15 is 0 Å². The molecule has 3 aromatic rings. The van der Waals surface area contributed by atoms with E-state index < -0.39 is 24.0 Å². The van der Waals surface area contributed by atoms with Crippen molar-refractivity contribution in [2.24, 2.45) is 0 Å². The van der Waals surface area contributed by atoms with Crippen LogP contribution in [0.4, 0.5) is 0 Å². The summed E-state index contributed by atoms with van der Waals surface area (Å²) in [7, 11) is 0. The van der Waals surface area contributed by atoms with Gasteiger partial charge in [-0.15, -0.1) is 0 Å². The highest BCUT2D eigenvalue weighted by atomic mass is 16.7. The zero-order valence-electron chi connectivity index (χ0n) is 21.2. The molecule has 1 aliphatic carbocycles. The second kappa shape index (κ2) is 12.0. The number of esters is 1. The Morgan fingerprint density at radius 2 is 1.51 bits per heavy atom. The van der Waals surface area contributed by atoms with Crippen LogP contribution < -0.4 is 10.6 Å². The molecule has 1 unspecified atom stereocenters. The van der Waals surface area contributed by atoms with Crippen molar-refractivity contribution >= 4 is 17.7 Å². The van der Waals surface area contributed by atoms with E-state index in [9.17, 15) is 14.4 Å². The zero-order chi connectivity index (χ0) is 27.1. The number of cyclic esters (lactones) is 1. The van der Waals surface area contributed by atoms with E-state index in [1.54, 1.807) is 6.08 Å². The van der Waals surface area contributed by atoms with Gasteiger partial charge in [-0.2, -0.15) is 0 Å². The first-order valence-corrected chi connectivity index (χ1v) is 12.7. The molecule has 0 bridgehead atoms. The number of ether oxygens (including phenoxy) is 2. The molecule has 2 aliphatic rings. The molecule has 3 aromatic carbocycles. The quantitative estimate of drug-likeness (QED) is 0.183. The number of carbonyl (C=O) groups excluding carboxylic acids is 3. The molecule has 5 rings (SSSR count). The first kappa shape index (κ1) is 26.2. The predicted octanol–water partition coefficient (Wildman–Crippen LogP) is 3.60. The number of nitrogens with one attached hydrogen (secondary N) is 2. The van der Waals surface area contributed by atoms with Gasteiger partial charge in [-0.05, 0) is 28.3 Å². The van der Waals surface area contributed by atoms with E-state index in [2.05, 4.69) is 10.6 Å². The fraction of sp³-hybridized carbons (Fsp3) is 0.188. The molecule has 1 fully saturated rings. The summed E-state index contributed by atoms with van der Waals surface area (Å²) in [5.41, 5.74) is 3.28. The third-order valence-corrected chi connectivity index (χ3v) is 6.79. The van der Waals surface area contributed by atoms with Crippen molar-refractivity contribution in [3.63, 3.8) is 0 Å². The summed E-state index contributed by atoms with van der Waals surface area (Å²) in [6, 6.07) is 28.5. The average Bonchev–Trinajstić information content (AvgIpc) is 3.38. The summed E-state index contributed by atoms with van der Waals surface area (Å²) < 4.78 is 10.9. The Morgan fingerprint density at radius 3 is 2.05 bits per heavy atom. The van der Waals surface area contributed by atoms with E-state index in [4.69, 9.17) is 9.47 Å². The Morgan fingerprint density at radius 1 is 0.949 bits per heavy atom. The Balaban J connectivity index is 1.34. The lowest BCUT2D eigenvalue weighted by atomic mass is 9.77. The lowest BCUT2D eigenvalue weighted by molar-refractivity contribution is -0.163. The topological polar surface area (TPSA) is 93.7 Å². The second-order valence-electron chi connectivity index (χ2n) is 9.30. The minimum absolute atomic E-state index is 0.102. The van der Waals surface area contributed by atoms with Crippen LogP contribution >= 0.6 is 0 Å². The van der Waals surface area contributed by atoms with Crippen LogP contribution in [0, 0.1) is 0 Å². The van der Waals surface area contributed by atoms with E-state index in [1.807, 2.05) is 109 Å². The fourth-order valence-electron chi connectivity index (χ4n) is 4.91. The van der Waals surface area contributed by atoms with Crippen LogP contribution in [0.5, 0.6) is 0 Å². The summed E-state index contributed by atoms with van der Waals surface area (Å²) in [4.78, 5) is 36.9. The Hall–Kier alpha value is -4.39. The molecule has 0 radical (unpaired) electrons. The van der Waals surface area contributed by atoms with E-state index in [0.29, 0.717) is 12.0 Å². The first-order valence-electron chi connectivity index (χ1n) is 12.7. The van der Waals surface area contributed by atoms with Crippen LogP contribution in [-0.2, 0) is 29.4 Å². The summed E-state index contributed by atoms with van der Waals surface area (Å²) in [5.74, 6) is 0.813. The molecule has 1 heterocycles. The molecule has 196 valence electrons. The maximum atomic E-state index is 13.4. The Bertz CT molecular complexity index is 1330. The average molecular weight is 521 g/mol. The zero-order valence-corrected chi connectivity index (χ0v) is 21.2. The molecule has 0 aromatic heterocycles. The standard InChI is InChI=1S/C32H28N2O5/c35-21-23-11-10-12-24(19-23)22-38-31-34-29(30(37)39-31)28(36)20-33-32(25-13-4-1-5-14-25,26-15-6-2-7-16-26)27-17-8-3-9-18-27/h1-10,12-19,29,31,33-34H,11,20,22H2/t29?,31-/m0/s1. The number of ketones is 1. The van der Waals surface area contributed by atoms with Gasteiger partial charge in [0.1, 0.15) is 5.94 Å². The summed E-state index contributed by atoms with van der Waals surface area (Å²) >= 11 is 0. The van der Waals surface area contributed by atoms with E-state index in [1.165, 1.54) is 0 Å². The minimum atomic E-state index is -1.18. The van der Waals surface area contributed by atoms with Gasteiger partial charge in [0.05, 0.1) is 18.7 Å². The maximum absolute atomic E-state index is 13.4. The Labute approximate surface area is 226 Å². The molecule has 7 nitrogen and oxygen atoms in total. The van der Waals surface area contributed by atoms with Crippen molar-refractivity contribution in [1.29, 1.82) is 0 Å².